The number of nitrogens with zero attached hydrogens (tertiary/aromatic N) is 1. The summed E-state index contributed by atoms with van der Waals surface area (Å²) in [6, 6.07) is 4.40. The van der Waals surface area contributed by atoms with Gasteiger partial charge in [0.15, 0.2) is 0 Å². The van der Waals surface area contributed by atoms with Crippen LogP contribution >= 0.6 is 11.3 Å². The van der Waals surface area contributed by atoms with Crippen molar-refractivity contribution in [3.63, 3.8) is 0 Å². The molecule has 0 radical (unpaired) electrons. The summed E-state index contributed by atoms with van der Waals surface area (Å²) >= 11 is 0.696. The summed E-state index contributed by atoms with van der Waals surface area (Å²) in [6.07, 6.45) is 1.49. The van der Waals surface area contributed by atoms with E-state index in [0.29, 0.717) is 21.6 Å². The predicted molar refractivity (Wildman–Crippen MR) is 48.3 cm³/mol. The fourth-order valence-electron chi connectivity index (χ4n) is 1.05. The molecule has 0 fully saturated rings. The molecule has 0 saturated heterocycles. The third-order valence-electron chi connectivity index (χ3n) is 1.64. The molecule has 0 aliphatic rings. The van der Waals surface area contributed by atoms with Gasteiger partial charge in [0.2, 0.25) is 0 Å². The molecule has 2 heterocycles. The van der Waals surface area contributed by atoms with Crippen LogP contribution in [0.4, 0.5) is 12.9 Å². The largest absolute Gasteiger partial charge is 1.00 e. The van der Waals surface area contributed by atoms with Gasteiger partial charge < -0.3 is 12.9 Å². The molecule has 0 spiro atoms. The minimum atomic E-state index is -4.88. The molecule has 0 atom stereocenters. The number of pyridine rings is 1. The van der Waals surface area contributed by atoms with Gasteiger partial charge in [-0.1, -0.05) is 16.9 Å². The van der Waals surface area contributed by atoms with E-state index in [2.05, 4.69) is 4.98 Å². The van der Waals surface area contributed by atoms with Crippen LogP contribution in [-0.4, -0.2) is 12.0 Å². The summed E-state index contributed by atoms with van der Waals surface area (Å²) < 4.78 is 36.3. The zero-order chi connectivity index (χ0) is 9.47. The van der Waals surface area contributed by atoms with Crippen molar-refractivity contribution in [2.45, 2.75) is 0 Å². The molecule has 2 aromatic rings. The van der Waals surface area contributed by atoms with Gasteiger partial charge in [0, 0.05) is 11.6 Å². The average molecular weight is 241 g/mol. The van der Waals surface area contributed by atoms with Gasteiger partial charge in [-0.3, -0.25) is 0 Å². The van der Waals surface area contributed by atoms with Crippen molar-refractivity contribution < 1.29 is 64.3 Å². The first-order chi connectivity index (χ1) is 6.07. The summed E-state index contributed by atoms with van der Waals surface area (Å²) in [7, 11) is 0. The van der Waals surface area contributed by atoms with E-state index in [-0.39, 0.29) is 51.4 Å². The van der Waals surface area contributed by atoms with E-state index in [4.69, 9.17) is 0 Å². The van der Waals surface area contributed by atoms with Gasteiger partial charge in [-0.25, -0.2) is 4.98 Å². The summed E-state index contributed by atoms with van der Waals surface area (Å²) in [5.41, 5.74) is 0. The monoisotopic (exact) mass is 241 g/mol. The molecule has 0 bridgehead atoms. The van der Waals surface area contributed by atoms with E-state index in [1.807, 2.05) is 0 Å². The number of hydrogen-bond donors (Lipinski definition) is 0. The molecule has 0 aliphatic carbocycles. The van der Waals surface area contributed by atoms with Gasteiger partial charge >= 0.3 is 58.4 Å². The maximum absolute atomic E-state index is 12.3. The number of rotatable bonds is 1. The van der Waals surface area contributed by atoms with Crippen molar-refractivity contribution >= 4 is 33.3 Å². The maximum Gasteiger partial charge on any atom is 1.00 e. The summed E-state index contributed by atoms with van der Waals surface area (Å²) in [5, 5.41) is 0.557. The maximum atomic E-state index is 12.3. The van der Waals surface area contributed by atoms with E-state index >= 15 is 0 Å². The smallest absolute Gasteiger partial charge is 0.444 e. The molecular weight excluding hydrogens is 237 g/mol. The molecule has 0 aliphatic heterocycles. The summed E-state index contributed by atoms with van der Waals surface area (Å²) in [5.74, 6) is 0. The second kappa shape index (κ2) is 4.63. The second-order valence-electron chi connectivity index (χ2n) is 2.62. The van der Waals surface area contributed by atoms with E-state index in [0.717, 1.165) is 6.07 Å². The van der Waals surface area contributed by atoms with Crippen LogP contribution in [0.3, 0.4) is 0 Å². The Morgan fingerprint density at radius 2 is 2.00 bits per heavy atom. The number of thiophene rings is 1. The molecule has 2 aromatic heterocycles. The standard InChI is InChI=1S/C7H4BF3NS.K/c9-8(10,11)6-4-5-2-1-3-12-7(5)13-6;/h1-4H;/q-1;+1. The van der Waals surface area contributed by atoms with Crippen LogP contribution in [-0.2, 0) is 0 Å². The number of fused-ring (bicyclic) bond motifs is 1. The van der Waals surface area contributed by atoms with Gasteiger partial charge in [-0.2, -0.15) is 11.3 Å². The molecule has 2 rings (SSSR count). The van der Waals surface area contributed by atoms with Crippen molar-refractivity contribution in [3.05, 3.63) is 24.4 Å². The van der Waals surface area contributed by atoms with Crippen LogP contribution in [0.1, 0.15) is 0 Å². The Labute approximate surface area is 125 Å². The van der Waals surface area contributed by atoms with E-state index in [1.165, 1.54) is 6.20 Å². The number of hydrogen-bond acceptors (Lipinski definition) is 2. The Bertz CT molecular complexity index is 409. The van der Waals surface area contributed by atoms with Crippen LogP contribution in [0.5, 0.6) is 0 Å². The zero-order valence-electron chi connectivity index (χ0n) is 7.38. The second-order valence-corrected chi connectivity index (χ2v) is 3.68. The molecule has 1 nitrogen and oxygen atoms in total. The minimum Gasteiger partial charge on any atom is -0.444 e. The molecule has 7 heteroatoms. The average Bonchev–Trinajstić information content (AvgIpc) is 2.45. The first-order valence-electron chi connectivity index (χ1n) is 3.62. The van der Waals surface area contributed by atoms with Gasteiger partial charge in [-0.05, 0) is 6.07 Å². The van der Waals surface area contributed by atoms with Crippen LogP contribution in [0.15, 0.2) is 24.4 Å². The Hall–Kier alpha value is 0.601. The first kappa shape index (κ1) is 12.7. The van der Waals surface area contributed by atoms with Gasteiger partial charge in [0.25, 0.3) is 0 Å². The fraction of sp³-hybridized carbons (Fsp3) is 0. The topological polar surface area (TPSA) is 12.9 Å². The molecule has 14 heavy (non-hydrogen) atoms. The Balaban J connectivity index is 0.000000980. The SMILES string of the molecule is F[B-](F)(F)c1cc2cccnc2s1.[K+]. The number of aromatic nitrogens is 1. The Morgan fingerprint density at radius 1 is 1.29 bits per heavy atom. The van der Waals surface area contributed by atoms with Crippen LogP contribution in [0.25, 0.3) is 10.2 Å². The summed E-state index contributed by atoms with van der Waals surface area (Å²) in [4.78, 5) is 4.29. The Morgan fingerprint density at radius 3 is 2.57 bits per heavy atom. The molecule has 0 unspecified atom stereocenters. The minimum absolute atomic E-state index is 0. The van der Waals surface area contributed by atoms with Gasteiger partial charge in [0.05, 0.1) is 0 Å². The third-order valence-corrected chi connectivity index (χ3v) is 2.79. The van der Waals surface area contributed by atoms with Crippen molar-refractivity contribution in [1.82, 2.24) is 4.98 Å². The van der Waals surface area contributed by atoms with Crippen molar-refractivity contribution in [2.75, 3.05) is 0 Å². The third kappa shape index (κ3) is 2.59. The Kier molecular flexibility index (Phi) is 4.19. The fourth-order valence-corrected chi connectivity index (χ4v) is 1.96. The molecule has 0 aromatic carbocycles. The molecular formula is C7H4BF3KNS. The van der Waals surface area contributed by atoms with Crippen molar-refractivity contribution in [1.29, 1.82) is 0 Å². The van der Waals surface area contributed by atoms with Crippen LogP contribution < -0.4 is 56.2 Å². The summed E-state index contributed by atoms with van der Waals surface area (Å²) in [6.45, 7) is -4.88. The van der Waals surface area contributed by atoms with Crippen LogP contribution in [0.2, 0.25) is 0 Å². The quantitative estimate of drug-likeness (QED) is 0.605. The van der Waals surface area contributed by atoms with Crippen molar-refractivity contribution in [2.24, 2.45) is 0 Å². The van der Waals surface area contributed by atoms with Crippen molar-refractivity contribution in [3.8, 4) is 0 Å². The van der Waals surface area contributed by atoms with Crippen LogP contribution in [0, 0.1) is 0 Å². The normalized spacial score (nSPS) is 11.4. The van der Waals surface area contributed by atoms with Gasteiger partial charge in [0.1, 0.15) is 4.83 Å². The van der Waals surface area contributed by atoms with Gasteiger partial charge in [-0.15, -0.1) is 0 Å². The van der Waals surface area contributed by atoms with E-state index in [9.17, 15) is 12.9 Å². The van der Waals surface area contributed by atoms with E-state index < -0.39 is 11.8 Å². The molecule has 0 N–H and O–H groups in total. The number of halogens is 3. The molecule has 0 saturated carbocycles. The van der Waals surface area contributed by atoms with E-state index in [1.54, 1.807) is 12.1 Å². The zero-order valence-corrected chi connectivity index (χ0v) is 11.3. The molecule has 0 amide bonds. The predicted octanol–water partition coefficient (Wildman–Crippen LogP) is -0.645. The molecule has 68 valence electrons. The first-order valence-corrected chi connectivity index (χ1v) is 4.43.